The maximum atomic E-state index is 11.5. The first kappa shape index (κ1) is 15.6. The second kappa shape index (κ2) is 7.85. The molecule has 0 bridgehead atoms. The van der Waals surface area contributed by atoms with Crippen LogP contribution in [0.3, 0.4) is 0 Å². The zero-order chi connectivity index (χ0) is 15.0. The minimum Gasteiger partial charge on any atom is -0.385 e. The molecular weight excluding hydrogens is 266 g/mol. The van der Waals surface area contributed by atoms with Gasteiger partial charge in [-0.25, -0.2) is 0 Å². The number of nitrogens with one attached hydrogen (secondary N) is 2. The molecule has 0 aliphatic rings. The Morgan fingerprint density at radius 1 is 1.35 bits per heavy atom. The Morgan fingerprint density at radius 2 is 2.10 bits per heavy atom. The van der Waals surface area contributed by atoms with Gasteiger partial charge >= 0.3 is 11.8 Å². The number of anilines is 1. The van der Waals surface area contributed by atoms with E-state index in [-0.39, 0.29) is 11.4 Å². The molecule has 8 nitrogen and oxygen atoms in total. The van der Waals surface area contributed by atoms with Gasteiger partial charge in [0.25, 0.3) is 5.69 Å². The average molecular weight is 281 g/mol. The normalized spacial score (nSPS) is 9.85. The minimum atomic E-state index is -0.872. The predicted octanol–water partition coefficient (Wildman–Crippen LogP) is 0.686. The number of rotatable bonds is 6. The lowest BCUT2D eigenvalue weighted by atomic mass is 10.3. The van der Waals surface area contributed by atoms with E-state index in [0.717, 1.165) is 0 Å². The maximum Gasteiger partial charge on any atom is 0.313 e. The molecule has 8 heteroatoms. The van der Waals surface area contributed by atoms with Crippen LogP contribution in [0, 0.1) is 10.1 Å². The summed E-state index contributed by atoms with van der Waals surface area (Å²) in [7, 11) is 1.54. The van der Waals surface area contributed by atoms with Crippen LogP contribution in [0.4, 0.5) is 11.4 Å². The molecule has 0 radical (unpaired) electrons. The Bertz CT molecular complexity index is 504. The molecular formula is C12H15N3O5. The Balaban J connectivity index is 2.51. The number of amides is 2. The van der Waals surface area contributed by atoms with Crippen molar-refractivity contribution in [2.24, 2.45) is 0 Å². The van der Waals surface area contributed by atoms with Crippen LogP contribution < -0.4 is 10.6 Å². The average Bonchev–Trinajstić information content (AvgIpc) is 2.43. The minimum absolute atomic E-state index is 0.164. The predicted molar refractivity (Wildman–Crippen MR) is 71.2 cm³/mol. The van der Waals surface area contributed by atoms with Gasteiger partial charge in [0.2, 0.25) is 0 Å². The van der Waals surface area contributed by atoms with Gasteiger partial charge in [-0.2, -0.15) is 0 Å². The van der Waals surface area contributed by atoms with E-state index in [1.807, 2.05) is 0 Å². The van der Waals surface area contributed by atoms with Crippen molar-refractivity contribution in [1.29, 1.82) is 0 Å². The quantitative estimate of drug-likeness (QED) is 0.345. The van der Waals surface area contributed by atoms with Gasteiger partial charge in [0, 0.05) is 38.1 Å². The van der Waals surface area contributed by atoms with Gasteiger partial charge in [-0.15, -0.1) is 0 Å². The van der Waals surface area contributed by atoms with Crippen molar-refractivity contribution < 1.29 is 19.2 Å². The molecule has 0 unspecified atom stereocenters. The number of hydrogen-bond donors (Lipinski definition) is 2. The third-order valence-corrected chi connectivity index (χ3v) is 2.33. The van der Waals surface area contributed by atoms with Crippen molar-refractivity contribution in [2.75, 3.05) is 25.6 Å². The molecule has 108 valence electrons. The molecule has 2 N–H and O–H groups in total. The number of nitrogens with zero attached hydrogens (tertiary/aromatic N) is 1. The summed E-state index contributed by atoms with van der Waals surface area (Å²) >= 11 is 0. The van der Waals surface area contributed by atoms with Crippen LogP contribution in [0.2, 0.25) is 0 Å². The molecule has 0 aliphatic carbocycles. The van der Waals surface area contributed by atoms with E-state index in [0.29, 0.717) is 19.6 Å². The second-order valence-corrected chi connectivity index (χ2v) is 3.86. The number of nitro groups is 1. The molecule has 0 saturated heterocycles. The molecule has 0 saturated carbocycles. The number of carbonyl (C=O) groups excluding carboxylic acids is 2. The highest BCUT2D eigenvalue weighted by Crippen LogP contribution is 2.16. The summed E-state index contributed by atoms with van der Waals surface area (Å²) in [5.41, 5.74) is 0.0274. The molecule has 0 aliphatic heterocycles. The third-order valence-electron chi connectivity index (χ3n) is 2.33. The summed E-state index contributed by atoms with van der Waals surface area (Å²) in [4.78, 5) is 33.0. The first-order valence-corrected chi connectivity index (χ1v) is 5.87. The van der Waals surface area contributed by atoms with Crippen LogP contribution in [0.1, 0.15) is 6.42 Å². The van der Waals surface area contributed by atoms with Crippen molar-refractivity contribution in [3.63, 3.8) is 0 Å². The summed E-state index contributed by atoms with van der Waals surface area (Å²) in [5.74, 6) is -1.67. The van der Waals surface area contributed by atoms with E-state index in [1.165, 1.54) is 31.4 Å². The van der Waals surface area contributed by atoms with E-state index < -0.39 is 16.7 Å². The van der Waals surface area contributed by atoms with Crippen LogP contribution in [-0.4, -0.2) is 37.0 Å². The highest BCUT2D eigenvalue weighted by molar-refractivity contribution is 6.39. The fourth-order valence-corrected chi connectivity index (χ4v) is 1.38. The first-order valence-electron chi connectivity index (χ1n) is 5.87. The highest BCUT2D eigenvalue weighted by atomic mass is 16.6. The number of benzene rings is 1. The van der Waals surface area contributed by atoms with Crippen LogP contribution >= 0.6 is 0 Å². The first-order chi connectivity index (χ1) is 9.54. The Hall–Kier alpha value is -2.48. The summed E-state index contributed by atoms with van der Waals surface area (Å²) < 4.78 is 4.80. The van der Waals surface area contributed by atoms with E-state index in [2.05, 4.69) is 10.6 Å². The van der Waals surface area contributed by atoms with Crippen LogP contribution in [0.25, 0.3) is 0 Å². The Kier molecular flexibility index (Phi) is 6.11. The van der Waals surface area contributed by atoms with Gasteiger partial charge in [0.05, 0.1) is 4.92 Å². The summed E-state index contributed by atoms with van der Waals surface area (Å²) in [5, 5.41) is 15.3. The lowest BCUT2D eigenvalue weighted by Gasteiger charge is -2.06. The maximum absolute atomic E-state index is 11.5. The van der Waals surface area contributed by atoms with E-state index in [1.54, 1.807) is 0 Å². The van der Waals surface area contributed by atoms with Crippen molar-refractivity contribution in [3.8, 4) is 0 Å². The van der Waals surface area contributed by atoms with Gasteiger partial charge in [0.1, 0.15) is 0 Å². The van der Waals surface area contributed by atoms with E-state index in [9.17, 15) is 19.7 Å². The van der Waals surface area contributed by atoms with Crippen LogP contribution in [-0.2, 0) is 14.3 Å². The van der Waals surface area contributed by atoms with Crippen LogP contribution in [0.15, 0.2) is 24.3 Å². The zero-order valence-electron chi connectivity index (χ0n) is 10.9. The number of nitro benzene ring substituents is 1. The largest absolute Gasteiger partial charge is 0.385 e. The van der Waals surface area contributed by atoms with Crippen LogP contribution in [0.5, 0.6) is 0 Å². The summed E-state index contributed by atoms with van der Waals surface area (Å²) in [6, 6.07) is 5.35. The molecule has 0 spiro atoms. The number of hydrogen-bond acceptors (Lipinski definition) is 5. The topological polar surface area (TPSA) is 111 Å². The van der Waals surface area contributed by atoms with Gasteiger partial charge in [-0.05, 0) is 12.5 Å². The standard InChI is InChI=1S/C12H15N3O5/c1-20-7-3-6-13-11(16)12(17)14-9-4-2-5-10(8-9)15(18)19/h2,4-5,8H,3,6-7H2,1H3,(H,13,16)(H,14,17). The smallest absolute Gasteiger partial charge is 0.313 e. The number of carbonyl (C=O) groups is 2. The van der Waals surface area contributed by atoms with Gasteiger partial charge < -0.3 is 15.4 Å². The fourth-order valence-electron chi connectivity index (χ4n) is 1.38. The fraction of sp³-hybridized carbons (Fsp3) is 0.333. The molecule has 1 aromatic carbocycles. The SMILES string of the molecule is COCCCNC(=O)C(=O)Nc1cccc([N+](=O)[O-])c1. The number of non-ortho nitro benzene ring substituents is 1. The third kappa shape index (κ3) is 5.02. The summed E-state index contributed by atoms with van der Waals surface area (Å²) in [6.07, 6.45) is 0.590. The lowest BCUT2D eigenvalue weighted by Crippen LogP contribution is -2.36. The Labute approximate surface area is 115 Å². The molecule has 20 heavy (non-hydrogen) atoms. The van der Waals surface area contributed by atoms with Gasteiger partial charge in [-0.3, -0.25) is 19.7 Å². The molecule has 0 atom stereocenters. The number of methoxy groups -OCH3 is 1. The molecule has 0 heterocycles. The molecule has 0 aromatic heterocycles. The summed E-state index contributed by atoms with van der Waals surface area (Å²) in [6.45, 7) is 0.793. The molecule has 1 rings (SSSR count). The Morgan fingerprint density at radius 3 is 2.75 bits per heavy atom. The second-order valence-electron chi connectivity index (χ2n) is 3.86. The van der Waals surface area contributed by atoms with Crippen molar-refractivity contribution in [3.05, 3.63) is 34.4 Å². The van der Waals surface area contributed by atoms with Crippen molar-refractivity contribution in [1.82, 2.24) is 5.32 Å². The number of ether oxygens (including phenoxy) is 1. The molecule has 2 amide bonds. The molecule has 0 fully saturated rings. The van der Waals surface area contributed by atoms with E-state index >= 15 is 0 Å². The molecule has 1 aromatic rings. The van der Waals surface area contributed by atoms with Crippen molar-refractivity contribution >= 4 is 23.2 Å². The monoisotopic (exact) mass is 281 g/mol. The van der Waals surface area contributed by atoms with Crippen molar-refractivity contribution in [2.45, 2.75) is 6.42 Å². The van der Waals surface area contributed by atoms with Gasteiger partial charge in [0.15, 0.2) is 0 Å². The highest BCUT2D eigenvalue weighted by Gasteiger charge is 2.14. The lowest BCUT2D eigenvalue weighted by molar-refractivity contribution is -0.384. The van der Waals surface area contributed by atoms with E-state index in [4.69, 9.17) is 4.74 Å². The van der Waals surface area contributed by atoms with Gasteiger partial charge in [-0.1, -0.05) is 6.07 Å². The zero-order valence-corrected chi connectivity index (χ0v) is 10.9.